The molecule has 0 saturated carbocycles. The number of hydrogen-bond donors (Lipinski definition) is 1. The normalized spacial score (nSPS) is 13.2. The van der Waals surface area contributed by atoms with Crippen LogP contribution in [-0.4, -0.2) is 11.1 Å². The van der Waals surface area contributed by atoms with Gasteiger partial charge in [0, 0.05) is 12.5 Å². The van der Waals surface area contributed by atoms with Crippen LogP contribution in [0.15, 0.2) is 90.2 Å². The van der Waals surface area contributed by atoms with Crippen LogP contribution in [0.25, 0.3) is 0 Å². The van der Waals surface area contributed by atoms with Crippen molar-refractivity contribution in [2.45, 2.75) is 52.6 Å². The summed E-state index contributed by atoms with van der Waals surface area (Å²) >= 11 is 0. The Morgan fingerprint density at radius 3 is 2.34 bits per heavy atom. The van der Waals surface area contributed by atoms with Crippen LogP contribution in [0.4, 0.5) is 13.2 Å². The van der Waals surface area contributed by atoms with Gasteiger partial charge in [-0.3, -0.25) is 4.79 Å². The maximum absolute atomic E-state index is 13.5. The van der Waals surface area contributed by atoms with E-state index >= 15 is 0 Å². The molecule has 0 atom stereocenters. The van der Waals surface area contributed by atoms with Crippen molar-refractivity contribution in [2.75, 3.05) is 0 Å². The number of carboxylic acid groups (broad SMARTS) is 1. The maximum Gasteiger partial charge on any atom is 0.416 e. The summed E-state index contributed by atoms with van der Waals surface area (Å²) in [4.78, 5) is 11.0. The zero-order valence-corrected chi connectivity index (χ0v) is 23.0. The standard InChI is InChI=1S/C33H31F3O5/c1-4-23-18-26(13-10-24(23)11-15-32(37)38)39-27-16-21(2)17-28(20-27)40-30-14-12-25(33(34,35)36)19-31(30)41-29-9-7-5-6-8-22(29)3/h5,7-10,12-14,16-20H,4,6,11,15H2,1-3H3,(H,37,38). The average Bonchev–Trinajstić information content (AvgIpc) is 3.11. The molecule has 0 aromatic heterocycles. The van der Waals surface area contributed by atoms with Crippen molar-refractivity contribution in [1.82, 2.24) is 0 Å². The Morgan fingerprint density at radius 1 is 0.878 bits per heavy atom. The minimum absolute atomic E-state index is 0.0469. The molecular formula is C33H31F3O5. The van der Waals surface area contributed by atoms with Crippen molar-refractivity contribution < 1.29 is 37.3 Å². The Bertz CT molecular complexity index is 1520. The molecule has 0 heterocycles. The highest BCUT2D eigenvalue weighted by Crippen LogP contribution is 2.40. The smallest absolute Gasteiger partial charge is 0.416 e. The van der Waals surface area contributed by atoms with Crippen molar-refractivity contribution in [3.8, 4) is 28.7 Å². The molecule has 4 rings (SSSR count). The summed E-state index contributed by atoms with van der Waals surface area (Å²) < 4.78 is 58.8. The van der Waals surface area contributed by atoms with Gasteiger partial charge in [0.1, 0.15) is 23.0 Å². The first kappa shape index (κ1) is 29.5. The Hall–Kier alpha value is -4.46. The fourth-order valence-electron chi connectivity index (χ4n) is 4.37. The Labute approximate surface area is 237 Å². The largest absolute Gasteiger partial charge is 0.481 e. The van der Waals surface area contributed by atoms with Gasteiger partial charge in [-0.1, -0.05) is 31.2 Å². The van der Waals surface area contributed by atoms with E-state index in [0.29, 0.717) is 42.3 Å². The molecule has 41 heavy (non-hydrogen) atoms. The Morgan fingerprint density at radius 2 is 1.63 bits per heavy atom. The molecule has 0 unspecified atom stereocenters. The van der Waals surface area contributed by atoms with Crippen LogP contribution in [0.3, 0.4) is 0 Å². The Balaban J connectivity index is 1.62. The van der Waals surface area contributed by atoms with E-state index in [1.54, 1.807) is 30.4 Å². The lowest BCUT2D eigenvalue weighted by atomic mass is 10.0. The molecule has 1 N–H and O–H groups in total. The molecule has 0 bridgehead atoms. The molecule has 1 aliphatic carbocycles. The van der Waals surface area contributed by atoms with Crippen LogP contribution in [0.2, 0.25) is 0 Å². The number of alkyl halides is 3. The highest BCUT2D eigenvalue weighted by Gasteiger charge is 2.32. The fourth-order valence-corrected chi connectivity index (χ4v) is 4.37. The molecule has 0 fully saturated rings. The molecule has 214 valence electrons. The molecule has 1 aliphatic rings. The molecule has 0 spiro atoms. The third-order valence-electron chi connectivity index (χ3n) is 6.48. The topological polar surface area (TPSA) is 65.0 Å². The van der Waals surface area contributed by atoms with Gasteiger partial charge in [-0.2, -0.15) is 13.2 Å². The van der Waals surface area contributed by atoms with E-state index in [0.717, 1.165) is 34.4 Å². The number of carbonyl (C=O) groups is 1. The molecule has 0 amide bonds. The van der Waals surface area contributed by atoms with E-state index in [-0.39, 0.29) is 17.9 Å². The summed E-state index contributed by atoms with van der Waals surface area (Å²) in [6.45, 7) is 5.68. The summed E-state index contributed by atoms with van der Waals surface area (Å²) in [7, 11) is 0. The number of hydrogen-bond acceptors (Lipinski definition) is 4. The first-order valence-corrected chi connectivity index (χ1v) is 13.3. The van der Waals surface area contributed by atoms with Crippen LogP contribution in [0.5, 0.6) is 28.7 Å². The van der Waals surface area contributed by atoms with Crippen LogP contribution in [0, 0.1) is 6.92 Å². The van der Waals surface area contributed by atoms with Gasteiger partial charge in [0.05, 0.1) is 5.56 Å². The number of rotatable bonds is 10. The zero-order chi connectivity index (χ0) is 29.6. The SMILES string of the molecule is CCc1cc(Oc2cc(C)cc(Oc3ccc(C(F)(F)F)cc3OC3=CC=CCC=C3C)c2)ccc1CCC(=O)O. The predicted octanol–water partition coefficient (Wildman–Crippen LogP) is 9.35. The lowest BCUT2D eigenvalue weighted by molar-refractivity contribution is -0.138. The van der Waals surface area contributed by atoms with Crippen molar-refractivity contribution in [1.29, 1.82) is 0 Å². The highest BCUT2D eigenvalue weighted by molar-refractivity contribution is 5.67. The van der Waals surface area contributed by atoms with Gasteiger partial charge in [-0.25, -0.2) is 0 Å². The first-order valence-electron chi connectivity index (χ1n) is 13.3. The molecule has 0 saturated heterocycles. The summed E-state index contributed by atoms with van der Waals surface area (Å²) in [5.74, 6) is 1.04. The van der Waals surface area contributed by atoms with Crippen LogP contribution in [0.1, 0.15) is 48.9 Å². The monoisotopic (exact) mass is 564 g/mol. The molecule has 0 aliphatic heterocycles. The summed E-state index contributed by atoms with van der Waals surface area (Å²) in [6.07, 6.45) is 4.68. The molecule has 8 heteroatoms. The maximum atomic E-state index is 13.5. The van der Waals surface area contributed by atoms with Crippen molar-refractivity contribution >= 4 is 5.97 Å². The number of halogens is 3. The fraction of sp³-hybridized carbons (Fsp3) is 0.242. The summed E-state index contributed by atoms with van der Waals surface area (Å²) in [5, 5.41) is 9.01. The Kier molecular flexibility index (Phi) is 9.22. The summed E-state index contributed by atoms with van der Waals surface area (Å²) in [6, 6.07) is 13.9. The lowest BCUT2D eigenvalue weighted by Crippen LogP contribution is -2.06. The van der Waals surface area contributed by atoms with Crippen molar-refractivity contribution in [3.05, 3.63) is 112 Å². The summed E-state index contributed by atoms with van der Waals surface area (Å²) in [5.41, 5.74) is 2.71. The van der Waals surface area contributed by atoms with E-state index in [9.17, 15) is 18.0 Å². The van der Waals surface area contributed by atoms with Gasteiger partial charge in [-0.05, 0) is 104 Å². The van der Waals surface area contributed by atoms with Crippen molar-refractivity contribution in [2.24, 2.45) is 0 Å². The number of benzene rings is 3. The van der Waals surface area contributed by atoms with Crippen molar-refractivity contribution in [3.63, 3.8) is 0 Å². The van der Waals surface area contributed by atoms with Gasteiger partial charge in [-0.15, -0.1) is 0 Å². The van der Waals surface area contributed by atoms with Gasteiger partial charge in [0.25, 0.3) is 0 Å². The second kappa shape index (κ2) is 12.8. The third-order valence-corrected chi connectivity index (χ3v) is 6.48. The van der Waals surface area contributed by atoms with E-state index in [4.69, 9.17) is 19.3 Å². The predicted molar refractivity (Wildman–Crippen MR) is 151 cm³/mol. The van der Waals surface area contributed by atoms with Crippen LogP contribution < -0.4 is 14.2 Å². The van der Waals surface area contributed by atoms with E-state index in [2.05, 4.69) is 0 Å². The lowest BCUT2D eigenvalue weighted by Gasteiger charge is -2.17. The van der Waals surface area contributed by atoms with Gasteiger partial charge >= 0.3 is 12.1 Å². The molecule has 3 aromatic carbocycles. The quantitative estimate of drug-likeness (QED) is 0.266. The van der Waals surface area contributed by atoms with Crippen LogP contribution in [-0.2, 0) is 23.8 Å². The zero-order valence-electron chi connectivity index (χ0n) is 23.0. The molecule has 3 aromatic rings. The highest BCUT2D eigenvalue weighted by atomic mass is 19.4. The third kappa shape index (κ3) is 8.03. The second-order valence-corrected chi connectivity index (χ2v) is 9.71. The minimum atomic E-state index is -4.55. The van der Waals surface area contributed by atoms with Gasteiger partial charge in [0.15, 0.2) is 11.5 Å². The van der Waals surface area contributed by atoms with Gasteiger partial charge < -0.3 is 19.3 Å². The number of aliphatic carboxylic acids is 1. The van der Waals surface area contributed by atoms with E-state index in [1.165, 1.54) is 6.07 Å². The second-order valence-electron chi connectivity index (χ2n) is 9.71. The molecular weight excluding hydrogens is 533 g/mol. The van der Waals surface area contributed by atoms with E-state index in [1.807, 2.05) is 51.1 Å². The minimum Gasteiger partial charge on any atom is -0.481 e. The number of ether oxygens (including phenoxy) is 3. The number of allylic oxidation sites excluding steroid dienone is 5. The first-order chi connectivity index (χ1) is 19.5. The van der Waals surface area contributed by atoms with Crippen LogP contribution >= 0.6 is 0 Å². The van der Waals surface area contributed by atoms with Gasteiger partial charge in [0.2, 0.25) is 0 Å². The van der Waals surface area contributed by atoms with E-state index < -0.39 is 17.7 Å². The number of aryl methyl sites for hydroxylation is 3. The number of carboxylic acids is 1. The molecule has 0 radical (unpaired) electrons. The molecule has 5 nitrogen and oxygen atoms in total. The average molecular weight is 565 g/mol.